The van der Waals surface area contributed by atoms with E-state index in [1.807, 2.05) is 31.2 Å². The summed E-state index contributed by atoms with van der Waals surface area (Å²) in [6, 6.07) is 7.75. The monoisotopic (exact) mass is 276 g/mol. The summed E-state index contributed by atoms with van der Waals surface area (Å²) < 4.78 is 15.6. The molecule has 0 radical (unpaired) electrons. The van der Waals surface area contributed by atoms with Crippen LogP contribution in [0, 0.1) is 6.92 Å². The summed E-state index contributed by atoms with van der Waals surface area (Å²) in [4.78, 5) is 0. The van der Waals surface area contributed by atoms with Crippen molar-refractivity contribution in [2.75, 3.05) is 27.4 Å². The van der Waals surface area contributed by atoms with E-state index in [1.165, 1.54) is 0 Å². The van der Waals surface area contributed by atoms with Crippen LogP contribution in [0.25, 0.3) is 11.3 Å². The second-order valence-electron chi connectivity index (χ2n) is 4.48. The summed E-state index contributed by atoms with van der Waals surface area (Å²) in [6.45, 7) is 4.17. The molecule has 5 nitrogen and oxygen atoms in total. The zero-order chi connectivity index (χ0) is 14.4. The number of ether oxygens (including phenoxy) is 2. The molecule has 0 aliphatic carbocycles. The molecule has 0 aliphatic rings. The summed E-state index contributed by atoms with van der Waals surface area (Å²) in [6.07, 6.45) is 0. The molecule has 20 heavy (non-hydrogen) atoms. The lowest BCUT2D eigenvalue weighted by Gasteiger charge is -2.02. The van der Waals surface area contributed by atoms with Gasteiger partial charge in [-0.2, -0.15) is 0 Å². The van der Waals surface area contributed by atoms with Gasteiger partial charge in [0.1, 0.15) is 11.4 Å². The van der Waals surface area contributed by atoms with Crippen molar-refractivity contribution in [2.45, 2.75) is 13.5 Å². The molecule has 1 N–H and O–H groups in total. The van der Waals surface area contributed by atoms with Gasteiger partial charge in [0, 0.05) is 31.3 Å². The zero-order valence-corrected chi connectivity index (χ0v) is 12.1. The third kappa shape index (κ3) is 3.37. The number of aromatic nitrogens is 1. The maximum atomic E-state index is 5.45. The van der Waals surface area contributed by atoms with Crippen molar-refractivity contribution in [3.8, 4) is 17.1 Å². The minimum atomic E-state index is 0.675. The molecule has 0 fully saturated rings. The molecule has 0 bridgehead atoms. The molecule has 0 amide bonds. The molecule has 108 valence electrons. The van der Waals surface area contributed by atoms with E-state index in [4.69, 9.17) is 14.0 Å². The van der Waals surface area contributed by atoms with Crippen LogP contribution in [-0.2, 0) is 11.3 Å². The average Bonchev–Trinajstić information content (AvgIpc) is 2.85. The first-order chi connectivity index (χ1) is 9.76. The second kappa shape index (κ2) is 7.07. The van der Waals surface area contributed by atoms with Crippen LogP contribution in [0.1, 0.15) is 11.3 Å². The molecule has 0 spiro atoms. The predicted octanol–water partition coefficient (Wildman–Crippen LogP) is 2.39. The molecule has 1 aromatic carbocycles. The summed E-state index contributed by atoms with van der Waals surface area (Å²) in [5, 5.41) is 7.38. The maximum absolute atomic E-state index is 5.45. The van der Waals surface area contributed by atoms with Crippen molar-refractivity contribution in [1.82, 2.24) is 10.5 Å². The van der Waals surface area contributed by atoms with E-state index >= 15 is 0 Å². The molecule has 0 saturated carbocycles. The fourth-order valence-corrected chi connectivity index (χ4v) is 1.93. The lowest BCUT2D eigenvalue weighted by molar-refractivity contribution is 0.199. The summed E-state index contributed by atoms with van der Waals surface area (Å²) in [5.74, 6) is 1.63. The molecular formula is C15H20N2O3. The van der Waals surface area contributed by atoms with Gasteiger partial charge in [0.15, 0.2) is 5.76 Å². The molecule has 0 atom stereocenters. The molecule has 2 aromatic rings. The number of nitrogens with one attached hydrogen (secondary N) is 1. The fraction of sp³-hybridized carbons (Fsp3) is 0.400. The Morgan fingerprint density at radius 1 is 1.20 bits per heavy atom. The first kappa shape index (κ1) is 14.6. The van der Waals surface area contributed by atoms with Gasteiger partial charge in [-0.1, -0.05) is 5.16 Å². The van der Waals surface area contributed by atoms with Gasteiger partial charge in [0.2, 0.25) is 0 Å². The van der Waals surface area contributed by atoms with Crippen molar-refractivity contribution >= 4 is 0 Å². The highest BCUT2D eigenvalue weighted by atomic mass is 16.5. The van der Waals surface area contributed by atoms with Crippen molar-refractivity contribution < 1.29 is 14.0 Å². The number of rotatable bonds is 7. The van der Waals surface area contributed by atoms with Crippen molar-refractivity contribution in [3.05, 3.63) is 35.5 Å². The van der Waals surface area contributed by atoms with Crippen molar-refractivity contribution in [2.24, 2.45) is 0 Å². The van der Waals surface area contributed by atoms with Crippen LogP contribution < -0.4 is 10.1 Å². The lowest BCUT2D eigenvalue weighted by atomic mass is 10.1. The average molecular weight is 276 g/mol. The SMILES string of the molecule is COCCNCc1noc(-c2ccc(OC)cc2)c1C. The Bertz CT molecular complexity index is 535. The smallest absolute Gasteiger partial charge is 0.170 e. The largest absolute Gasteiger partial charge is 0.497 e. The summed E-state index contributed by atoms with van der Waals surface area (Å²) >= 11 is 0. The van der Waals surface area contributed by atoms with Gasteiger partial charge in [-0.3, -0.25) is 0 Å². The summed E-state index contributed by atoms with van der Waals surface area (Å²) in [5.41, 5.74) is 2.98. The number of hydrogen-bond acceptors (Lipinski definition) is 5. The second-order valence-corrected chi connectivity index (χ2v) is 4.48. The molecular weight excluding hydrogens is 256 g/mol. The van der Waals surface area contributed by atoms with Gasteiger partial charge in [-0.15, -0.1) is 0 Å². The van der Waals surface area contributed by atoms with E-state index in [-0.39, 0.29) is 0 Å². The van der Waals surface area contributed by atoms with Gasteiger partial charge in [-0.25, -0.2) is 0 Å². The Hall–Kier alpha value is -1.85. The van der Waals surface area contributed by atoms with Crippen LogP contribution in [0.4, 0.5) is 0 Å². The van der Waals surface area contributed by atoms with E-state index in [2.05, 4.69) is 10.5 Å². The lowest BCUT2D eigenvalue weighted by Crippen LogP contribution is -2.19. The molecule has 0 unspecified atom stereocenters. The quantitative estimate of drug-likeness (QED) is 0.787. The maximum Gasteiger partial charge on any atom is 0.170 e. The Kier molecular flexibility index (Phi) is 5.15. The highest BCUT2D eigenvalue weighted by Crippen LogP contribution is 2.27. The Morgan fingerprint density at radius 3 is 2.60 bits per heavy atom. The highest BCUT2D eigenvalue weighted by molar-refractivity contribution is 5.62. The molecule has 0 aliphatic heterocycles. The minimum absolute atomic E-state index is 0.675. The van der Waals surface area contributed by atoms with Gasteiger partial charge in [0.05, 0.1) is 13.7 Å². The van der Waals surface area contributed by atoms with Crippen LogP contribution in [0.15, 0.2) is 28.8 Å². The summed E-state index contributed by atoms with van der Waals surface area (Å²) in [7, 11) is 3.34. The third-order valence-electron chi connectivity index (χ3n) is 3.15. The number of hydrogen-bond donors (Lipinski definition) is 1. The van der Waals surface area contributed by atoms with Crippen LogP contribution in [0.2, 0.25) is 0 Å². The van der Waals surface area contributed by atoms with Gasteiger partial charge < -0.3 is 19.3 Å². The topological polar surface area (TPSA) is 56.5 Å². The first-order valence-electron chi connectivity index (χ1n) is 6.55. The van der Waals surface area contributed by atoms with E-state index in [0.717, 1.165) is 34.9 Å². The molecule has 1 heterocycles. The van der Waals surface area contributed by atoms with Gasteiger partial charge in [0.25, 0.3) is 0 Å². The zero-order valence-electron chi connectivity index (χ0n) is 12.1. The predicted molar refractivity (Wildman–Crippen MR) is 76.8 cm³/mol. The fourth-order valence-electron chi connectivity index (χ4n) is 1.93. The number of benzene rings is 1. The Labute approximate surface area is 118 Å². The van der Waals surface area contributed by atoms with E-state index in [0.29, 0.717) is 13.2 Å². The molecule has 2 rings (SSSR count). The molecule has 1 aromatic heterocycles. The van der Waals surface area contributed by atoms with Gasteiger partial charge in [-0.05, 0) is 31.2 Å². The minimum Gasteiger partial charge on any atom is -0.497 e. The van der Waals surface area contributed by atoms with E-state index in [9.17, 15) is 0 Å². The van der Waals surface area contributed by atoms with Crippen LogP contribution in [-0.4, -0.2) is 32.5 Å². The van der Waals surface area contributed by atoms with E-state index in [1.54, 1.807) is 14.2 Å². The number of methoxy groups -OCH3 is 2. The Morgan fingerprint density at radius 2 is 1.95 bits per heavy atom. The first-order valence-corrected chi connectivity index (χ1v) is 6.55. The highest BCUT2D eigenvalue weighted by Gasteiger charge is 2.13. The van der Waals surface area contributed by atoms with Crippen LogP contribution in [0.3, 0.4) is 0 Å². The van der Waals surface area contributed by atoms with Crippen molar-refractivity contribution in [1.29, 1.82) is 0 Å². The third-order valence-corrected chi connectivity index (χ3v) is 3.15. The van der Waals surface area contributed by atoms with Gasteiger partial charge >= 0.3 is 0 Å². The van der Waals surface area contributed by atoms with Crippen LogP contribution in [0.5, 0.6) is 5.75 Å². The molecule has 5 heteroatoms. The van der Waals surface area contributed by atoms with Crippen molar-refractivity contribution in [3.63, 3.8) is 0 Å². The Balaban J connectivity index is 2.07. The van der Waals surface area contributed by atoms with Crippen LogP contribution >= 0.6 is 0 Å². The number of nitrogens with zero attached hydrogens (tertiary/aromatic N) is 1. The van der Waals surface area contributed by atoms with E-state index < -0.39 is 0 Å². The normalized spacial score (nSPS) is 10.8. The standard InChI is InChI=1S/C15H20N2O3/c1-11-14(10-16-8-9-18-2)17-20-15(11)12-4-6-13(19-3)7-5-12/h4-7,16H,8-10H2,1-3H3. The molecule has 0 saturated heterocycles.